The van der Waals surface area contributed by atoms with Gasteiger partial charge in [-0.2, -0.15) is 0 Å². The van der Waals surface area contributed by atoms with Gasteiger partial charge in [-0.05, 0) is 29.3 Å². The molecule has 0 rings (SSSR count). The largest absolute Gasteiger partial charge is 0.402 e. The molecule has 0 heterocycles. The third-order valence-corrected chi connectivity index (χ3v) is 0.989. The fraction of sp³-hybridized carbons (Fsp3) is 0. The van der Waals surface area contributed by atoms with E-state index in [9.17, 15) is 0 Å². The van der Waals surface area contributed by atoms with Crippen molar-refractivity contribution in [2.24, 2.45) is 10.7 Å². The molecule has 2 nitrogen and oxygen atoms in total. The van der Waals surface area contributed by atoms with Crippen LogP contribution in [-0.2, 0) is 0 Å². The Labute approximate surface area is 50.3 Å². The maximum Gasteiger partial charge on any atom is 0.115 e. The van der Waals surface area contributed by atoms with E-state index < -0.39 is 0 Å². The Hall–Kier alpha value is -0.0600. The van der Waals surface area contributed by atoms with Crippen LogP contribution in [0.1, 0.15) is 0 Å². The van der Waals surface area contributed by atoms with Crippen molar-refractivity contribution in [3.63, 3.8) is 0 Å². The normalized spacial score (nSPS) is 11.2. The molecule has 0 aromatic heterocycles. The quantitative estimate of drug-likeness (QED) is 0.377. The van der Waals surface area contributed by atoms with Gasteiger partial charge in [0.25, 0.3) is 0 Å². The summed E-state index contributed by atoms with van der Waals surface area (Å²) in [5, 5.41) is 0. The zero-order chi connectivity index (χ0) is 4.99. The molecular weight excluding hydrogens is 191 g/mol. The Morgan fingerprint density at radius 1 is 2.00 bits per heavy atom. The third kappa shape index (κ3) is 2.19. The van der Waals surface area contributed by atoms with E-state index in [1.165, 1.54) is 6.20 Å². The predicted molar refractivity (Wildman–Crippen MR) is 35.8 cm³/mol. The molecule has 0 spiro atoms. The Balaban J connectivity index is 3.50. The summed E-state index contributed by atoms with van der Waals surface area (Å²) in [6, 6.07) is 0. The summed E-state index contributed by atoms with van der Waals surface area (Å²) in [6.07, 6.45) is 1.40. The summed E-state index contributed by atoms with van der Waals surface area (Å²) in [5.41, 5.74) is 4.98. The smallest absolute Gasteiger partial charge is 0.115 e. The number of nitrogens with zero attached hydrogens (tertiary/aromatic N) is 1. The molecule has 0 saturated carbocycles. The van der Waals surface area contributed by atoms with Crippen LogP contribution < -0.4 is 5.73 Å². The van der Waals surface area contributed by atoms with Crippen molar-refractivity contribution >= 4 is 29.3 Å². The second kappa shape index (κ2) is 3.14. The molecule has 0 amide bonds. The molecule has 0 fully saturated rings. The van der Waals surface area contributed by atoms with E-state index in [4.69, 9.17) is 5.73 Å². The van der Waals surface area contributed by atoms with E-state index >= 15 is 0 Å². The lowest BCUT2D eigenvalue weighted by Gasteiger charge is -1.76. The molecule has 0 aliphatic rings. The second-order valence-electron chi connectivity index (χ2n) is 0.648. The molecule has 34 valence electrons. The van der Waals surface area contributed by atoms with Gasteiger partial charge in [-0.15, -0.1) is 0 Å². The number of hydrogen-bond acceptors (Lipinski definition) is 2. The standard InChI is InChI=1S/C3H5IN2/c1-6-3(4)2-5/h2H,1,5H2/b3-2-. The van der Waals surface area contributed by atoms with Gasteiger partial charge in [0.05, 0.1) is 0 Å². The highest BCUT2D eigenvalue weighted by Crippen LogP contribution is 2.01. The van der Waals surface area contributed by atoms with E-state index in [1.807, 2.05) is 22.6 Å². The van der Waals surface area contributed by atoms with Crippen LogP contribution in [-0.4, -0.2) is 6.72 Å². The minimum Gasteiger partial charge on any atom is -0.402 e. The minimum absolute atomic E-state index is 0.729. The van der Waals surface area contributed by atoms with Crippen LogP contribution in [0.2, 0.25) is 0 Å². The monoisotopic (exact) mass is 196 g/mol. The molecule has 0 aromatic carbocycles. The van der Waals surface area contributed by atoms with Crippen molar-refractivity contribution < 1.29 is 0 Å². The van der Waals surface area contributed by atoms with Gasteiger partial charge in [-0.1, -0.05) is 0 Å². The highest BCUT2D eigenvalue weighted by molar-refractivity contribution is 14.1. The molecule has 0 unspecified atom stereocenters. The van der Waals surface area contributed by atoms with Crippen LogP contribution in [0.15, 0.2) is 14.9 Å². The molecule has 0 radical (unpaired) electrons. The minimum atomic E-state index is 0.729. The van der Waals surface area contributed by atoms with Gasteiger partial charge < -0.3 is 5.73 Å². The Morgan fingerprint density at radius 3 is 2.50 bits per heavy atom. The average molecular weight is 196 g/mol. The van der Waals surface area contributed by atoms with Crippen molar-refractivity contribution in [2.45, 2.75) is 0 Å². The van der Waals surface area contributed by atoms with Crippen LogP contribution in [0.25, 0.3) is 0 Å². The highest BCUT2D eigenvalue weighted by Gasteiger charge is 1.71. The third-order valence-electron chi connectivity index (χ3n) is 0.289. The van der Waals surface area contributed by atoms with E-state index in [2.05, 4.69) is 11.7 Å². The van der Waals surface area contributed by atoms with Gasteiger partial charge in [0.1, 0.15) is 3.70 Å². The van der Waals surface area contributed by atoms with Gasteiger partial charge in [0, 0.05) is 6.20 Å². The first-order valence-corrected chi connectivity index (χ1v) is 2.43. The van der Waals surface area contributed by atoms with E-state index in [1.54, 1.807) is 0 Å². The van der Waals surface area contributed by atoms with E-state index in [-0.39, 0.29) is 0 Å². The molecule has 0 aromatic rings. The van der Waals surface area contributed by atoms with Crippen molar-refractivity contribution in [3.05, 3.63) is 9.90 Å². The number of rotatable bonds is 1. The van der Waals surface area contributed by atoms with Gasteiger partial charge in [-0.25, -0.2) is 0 Å². The SMILES string of the molecule is C=N/C(I)=C\N. The number of aliphatic imine (C=N–C) groups is 1. The lowest BCUT2D eigenvalue weighted by Crippen LogP contribution is -1.75. The first-order valence-electron chi connectivity index (χ1n) is 1.35. The summed E-state index contributed by atoms with van der Waals surface area (Å²) >= 11 is 1.98. The van der Waals surface area contributed by atoms with Crippen molar-refractivity contribution in [3.8, 4) is 0 Å². The van der Waals surface area contributed by atoms with Crippen molar-refractivity contribution in [2.75, 3.05) is 0 Å². The molecule has 0 saturated heterocycles. The van der Waals surface area contributed by atoms with Crippen LogP contribution in [0.5, 0.6) is 0 Å². The fourth-order valence-electron chi connectivity index (χ4n) is 0.0527. The van der Waals surface area contributed by atoms with E-state index in [0.29, 0.717) is 0 Å². The van der Waals surface area contributed by atoms with Gasteiger partial charge in [-0.3, -0.25) is 4.99 Å². The maximum atomic E-state index is 4.98. The van der Waals surface area contributed by atoms with Crippen LogP contribution in [0, 0.1) is 0 Å². The molecule has 0 aliphatic heterocycles. The number of hydrogen-bond donors (Lipinski definition) is 1. The molecule has 0 aliphatic carbocycles. The average Bonchev–Trinajstić information content (AvgIpc) is 1.65. The lowest BCUT2D eigenvalue weighted by atomic mass is 10.9. The summed E-state index contributed by atoms with van der Waals surface area (Å²) < 4.78 is 0.729. The van der Waals surface area contributed by atoms with Gasteiger partial charge in [0.2, 0.25) is 0 Å². The first kappa shape index (κ1) is 5.94. The topological polar surface area (TPSA) is 38.4 Å². The Kier molecular flexibility index (Phi) is 3.11. The predicted octanol–water partition coefficient (Wildman–Crippen LogP) is 0.880. The summed E-state index contributed by atoms with van der Waals surface area (Å²) in [4.78, 5) is 3.48. The van der Waals surface area contributed by atoms with Gasteiger partial charge >= 0.3 is 0 Å². The molecule has 0 atom stereocenters. The molecule has 3 heteroatoms. The van der Waals surface area contributed by atoms with Crippen LogP contribution in [0.4, 0.5) is 0 Å². The van der Waals surface area contributed by atoms with Crippen molar-refractivity contribution in [1.82, 2.24) is 0 Å². The van der Waals surface area contributed by atoms with Gasteiger partial charge in [0.15, 0.2) is 0 Å². The van der Waals surface area contributed by atoms with Crippen molar-refractivity contribution in [1.29, 1.82) is 0 Å². The summed E-state index contributed by atoms with van der Waals surface area (Å²) in [7, 11) is 0. The Bertz CT molecular complexity index is 76.9. The number of nitrogens with two attached hydrogens (primary N) is 1. The lowest BCUT2D eigenvalue weighted by molar-refractivity contribution is 1.49. The molecular formula is C3H5IN2. The van der Waals surface area contributed by atoms with Crippen LogP contribution in [0.3, 0.4) is 0 Å². The molecule has 6 heavy (non-hydrogen) atoms. The zero-order valence-electron chi connectivity index (χ0n) is 3.19. The summed E-state index contributed by atoms with van der Waals surface area (Å²) in [6.45, 7) is 3.23. The Morgan fingerprint density at radius 2 is 2.50 bits per heavy atom. The fourth-order valence-corrected chi connectivity index (χ4v) is 0.0527. The van der Waals surface area contributed by atoms with Crippen LogP contribution >= 0.6 is 22.6 Å². The zero-order valence-corrected chi connectivity index (χ0v) is 5.34. The van der Waals surface area contributed by atoms with E-state index in [0.717, 1.165) is 3.70 Å². The second-order valence-corrected chi connectivity index (χ2v) is 1.75. The highest BCUT2D eigenvalue weighted by atomic mass is 127. The first-order chi connectivity index (χ1) is 2.81. The molecule has 2 N–H and O–H groups in total. The summed E-state index contributed by atoms with van der Waals surface area (Å²) in [5.74, 6) is 0. The number of halogens is 1. The maximum absolute atomic E-state index is 4.98. The molecule has 0 bridgehead atoms.